The molecule has 6 nitrogen and oxygen atoms in total. The van der Waals surface area contributed by atoms with Crippen LogP contribution in [0.15, 0.2) is 59.5 Å². The third-order valence-electron chi connectivity index (χ3n) is 3.61. The number of carbonyl (C=O) groups is 1. The fourth-order valence-electron chi connectivity index (χ4n) is 2.08. The molecule has 0 aromatic heterocycles. The molecule has 27 heavy (non-hydrogen) atoms. The molecule has 0 heterocycles. The molecule has 0 aliphatic heterocycles. The molecule has 146 valence electrons. The zero-order valence-corrected chi connectivity index (χ0v) is 14.7. The van der Waals surface area contributed by atoms with E-state index in [4.69, 9.17) is 0 Å². The molecular weight excluding hydrogens is 389 g/mol. The van der Waals surface area contributed by atoms with Crippen molar-refractivity contribution in [1.82, 2.24) is 0 Å². The maximum Gasteiger partial charge on any atom is 0.446 e. The van der Waals surface area contributed by atoms with Crippen molar-refractivity contribution >= 4 is 15.9 Å². The van der Waals surface area contributed by atoms with E-state index in [0.717, 1.165) is 24.3 Å². The van der Waals surface area contributed by atoms with Crippen LogP contribution >= 0.6 is 0 Å². The molecule has 0 aliphatic rings. The third-order valence-corrected chi connectivity index (χ3v) is 4.91. The first-order chi connectivity index (χ1) is 12.4. The fourth-order valence-corrected chi connectivity index (χ4v) is 3.14. The van der Waals surface area contributed by atoms with Gasteiger partial charge in [0.05, 0.1) is 4.90 Å². The van der Waals surface area contributed by atoms with Gasteiger partial charge in [0.2, 0.25) is 6.10 Å². The van der Waals surface area contributed by atoms with E-state index in [9.17, 15) is 36.6 Å². The van der Waals surface area contributed by atoms with Crippen LogP contribution in [0.2, 0.25) is 0 Å². The van der Waals surface area contributed by atoms with Gasteiger partial charge in [-0.1, -0.05) is 48.0 Å². The topological polar surface area (TPSA) is 101 Å². The average molecular weight is 404 g/mol. The number of aryl methyl sites for hydroxylation is 1. The van der Waals surface area contributed by atoms with E-state index in [1.165, 1.54) is 30.3 Å². The van der Waals surface area contributed by atoms with E-state index in [1.54, 1.807) is 6.92 Å². The molecule has 0 amide bonds. The van der Waals surface area contributed by atoms with E-state index >= 15 is 0 Å². The third kappa shape index (κ3) is 4.53. The van der Waals surface area contributed by atoms with Crippen LogP contribution in [0.5, 0.6) is 0 Å². The highest BCUT2D eigenvalue weighted by molar-refractivity contribution is 7.86. The lowest BCUT2D eigenvalue weighted by Crippen LogP contribution is -2.59. The minimum atomic E-state index is -5.76. The quantitative estimate of drug-likeness (QED) is 0.435. The SMILES string of the molecule is Cc1ccc(S(=O)(=O)OC(C(=O)c2ccccc2)C(O)(O)C(F)(F)F)cc1. The summed E-state index contributed by atoms with van der Waals surface area (Å²) in [5.74, 6) is -6.30. The van der Waals surface area contributed by atoms with E-state index in [-0.39, 0.29) is 0 Å². The number of benzene rings is 2. The van der Waals surface area contributed by atoms with Crippen molar-refractivity contribution in [3.63, 3.8) is 0 Å². The highest BCUT2D eigenvalue weighted by Gasteiger charge is 2.62. The largest absolute Gasteiger partial charge is 0.446 e. The van der Waals surface area contributed by atoms with Gasteiger partial charge < -0.3 is 10.2 Å². The number of alkyl halides is 3. The summed E-state index contributed by atoms with van der Waals surface area (Å²) in [4.78, 5) is 11.8. The monoisotopic (exact) mass is 404 g/mol. The highest BCUT2D eigenvalue weighted by atomic mass is 32.2. The number of halogens is 3. The Hall–Kier alpha value is -2.27. The Morgan fingerprint density at radius 2 is 1.52 bits per heavy atom. The lowest BCUT2D eigenvalue weighted by Gasteiger charge is -2.31. The molecule has 0 spiro atoms. The Labute approximate surface area is 153 Å². The van der Waals surface area contributed by atoms with Crippen molar-refractivity contribution in [2.45, 2.75) is 29.9 Å². The van der Waals surface area contributed by atoms with Crippen molar-refractivity contribution in [3.8, 4) is 0 Å². The van der Waals surface area contributed by atoms with Gasteiger partial charge in [-0.15, -0.1) is 0 Å². The van der Waals surface area contributed by atoms with Crippen LogP contribution < -0.4 is 0 Å². The van der Waals surface area contributed by atoms with Gasteiger partial charge in [-0.05, 0) is 19.1 Å². The molecule has 0 saturated heterocycles. The van der Waals surface area contributed by atoms with E-state index in [1.807, 2.05) is 0 Å². The molecule has 10 heteroatoms. The van der Waals surface area contributed by atoms with Crippen LogP contribution in [-0.2, 0) is 14.3 Å². The second-order valence-corrected chi connectivity index (χ2v) is 7.27. The summed E-state index contributed by atoms with van der Waals surface area (Å²) in [6.07, 6.45) is -8.92. The molecule has 1 unspecified atom stereocenters. The second-order valence-electron chi connectivity index (χ2n) is 5.70. The maximum atomic E-state index is 13.1. The minimum absolute atomic E-state index is 0.390. The summed E-state index contributed by atoms with van der Waals surface area (Å²) < 4.78 is 68.2. The van der Waals surface area contributed by atoms with Gasteiger partial charge in [0.25, 0.3) is 15.9 Å². The normalized spacial score (nSPS) is 14.0. The van der Waals surface area contributed by atoms with Gasteiger partial charge in [0.15, 0.2) is 5.78 Å². The summed E-state index contributed by atoms with van der Waals surface area (Å²) in [6.45, 7) is 1.65. The Bertz CT molecular complexity index is 906. The van der Waals surface area contributed by atoms with Crippen LogP contribution in [0.25, 0.3) is 0 Å². The molecule has 0 fully saturated rings. The van der Waals surface area contributed by atoms with Gasteiger partial charge >= 0.3 is 6.18 Å². The zero-order chi connectivity index (χ0) is 20.5. The van der Waals surface area contributed by atoms with Crippen LogP contribution in [0.1, 0.15) is 15.9 Å². The van der Waals surface area contributed by atoms with E-state index in [2.05, 4.69) is 4.18 Å². The standard InChI is InChI=1S/C17H15F3O6S/c1-11-7-9-13(10-8-11)27(24,25)26-15(16(22,23)17(18,19)20)14(21)12-5-3-2-4-6-12/h2-10,15,22-23H,1H3. The second kappa shape index (κ2) is 7.39. The zero-order valence-electron chi connectivity index (χ0n) is 13.8. The molecule has 0 bridgehead atoms. The molecule has 2 aromatic rings. The molecule has 0 aliphatic carbocycles. The van der Waals surface area contributed by atoms with Gasteiger partial charge in [0.1, 0.15) is 0 Å². The van der Waals surface area contributed by atoms with Gasteiger partial charge in [-0.3, -0.25) is 4.79 Å². The molecular formula is C17H15F3O6S. The molecule has 2 N–H and O–H groups in total. The number of hydrogen-bond acceptors (Lipinski definition) is 6. The summed E-state index contributed by atoms with van der Waals surface area (Å²) in [7, 11) is -4.91. The Morgan fingerprint density at radius 3 is 2.00 bits per heavy atom. The van der Waals surface area contributed by atoms with Crippen molar-refractivity contribution in [2.75, 3.05) is 0 Å². The predicted octanol–water partition coefficient (Wildman–Crippen LogP) is 2.20. The van der Waals surface area contributed by atoms with Crippen LogP contribution in [0.3, 0.4) is 0 Å². The first-order valence-corrected chi connectivity index (χ1v) is 8.88. The fraction of sp³-hybridized carbons (Fsp3) is 0.235. The average Bonchev–Trinajstić information content (AvgIpc) is 2.59. The molecule has 2 aromatic carbocycles. The number of ketones is 1. The number of hydrogen-bond donors (Lipinski definition) is 2. The Balaban J connectivity index is 2.50. The summed E-state index contributed by atoms with van der Waals surface area (Å²) in [5, 5.41) is 19.0. The number of carbonyl (C=O) groups excluding carboxylic acids is 1. The predicted molar refractivity (Wildman–Crippen MR) is 87.2 cm³/mol. The van der Waals surface area contributed by atoms with Gasteiger partial charge in [-0.25, -0.2) is 4.18 Å². The first-order valence-electron chi connectivity index (χ1n) is 7.47. The van der Waals surface area contributed by atoms with Crippen LogP contribution in [-0.4, -0.2) is 42.5 Å². The van der Waals surface area contributed by atoms with E-state index in [0.29, 0.717) is 5.56 Å². The number of aliphatic hydroxyl groups is 2. The minimum Gasteiger partial charge on any atom is -0.356 e. The lowest BCUT2D eigenvalue weighted by atomic mass is 9.99. The van der Waals surface area contributed by atoms with Gasteiger partial charge in [0, 0.05) is 5.56 Å². The van der Waals surface area contributed by atoms with Crippen LogP contribution in [0, 0.1) is 6.92 Å². The van der Waals surface area contributed by atoms with Crippen molar-refractivity contribution in [2.24, 2.45) is 0 Å². The molecule has 1 atom stereocenters. The van der Waals surface area contributed by atoms with Gasteiger partial charge in [-0.2, -0.15) is 21.6 Å². The van der Waals surface area contributed by atoms with E-state index < -0.39 is 44.4 Å². The molecule has 0 saturated carbocycles. The summed E-state index contributed by atoms with van der Waals surface area (Å²) in [6, 6.07) is 11.1. The Morgan fingerprint density at radius 1 is 1.00 bits per heavy atom. The van der Waals surface area contributed by atoms with Crippen LogP contribution in [0.4, 0.5) is 13.2 Å². The summed E-state index contributed by atoms with van der Waals surface area (Å²) in [5.41, 5.74) is 0.276. The number of Topliss-reactive ketones (excluding diaryl/α,β-unsaturated/α-hetero) is 1. The Kier molecular flexibility index (Phi) is 5.76. The van der Waals surface area contributed by atoms with Crippen molar-refractivity contribution in [1.29, 1.82) is 0 Å². The molecule has 0 radical (unpaired) electrons. The summed E-state index contributed by atoms with van der Waals surface area (Å²) >= 11 is 0. The lowest BCUT2D eigenvalue weighted by molar-refractivity contribution is -0.366. The highest BCUT2D eigenvalue weighted by Crippen LogP contribution is 2.35. The maximum absolute atomic E-state index is 13.1. The molecule has 2 rings (SSSR count). The van der Waals surface area contributed by atoms with Crippen molar-refractivity contribution in [3.05, 3.63) is 65.7 Å². The first kappa shape index (κ1) is 21.0. The van der Waals surface area contributed by atoms with Crippen molar-refractivity contribution < 1.29 is 40.8 Å². The smallest absolute Gasteiger partial charge is 0.356 e. The number of rotatable bonds is 6.